The van der Waals surface area contributed by atoms with Gasteiger partial charge in [-0.15, -0.1) is 0 Å². The molecule has 0 saturated heterocycles. The third kappa shape index (κ3) is 6.13. The zero-order valence-electron chi connectivity index (χ0n) is 10.8. The Labute approximate surface area is 94.9 Å². The van der Waals surface area contributed by atoms with Gasteiger partial charge < -0.3 is 15.3 Å². The van der Waals surface area contributed by atoms with Crippen LogP contribution in [0.5, 0.6) is 0 Å². The molecule has 0 fully saturated rings. The highest BCUT2D eigenvalue weighted by Crippen LogP contribution is 2.09. The highest BCUT2D eigenvalue weighted by Gasteiger charge is 2.13. The Morgan fingerprint density at radius 3 is 2.07 bits per heavy atom. The lowest BCUT2D eigenvalue weighted by Gasteiger charge is -2.28. The van der Waals surface area contributed by atoms with Crippen molar-refractivity contribution in [2.24, 2.45) is 5.92 Å². The average molecular weight is 216 g/mol. The Morgan fingerprint density at radius 2 is 1.73 bits per heavy atom. The molecule has 0 spiro atoms. The summed E-state index contributed by atoms with van der Waals surface area (Å²) in [4.78, 5) is 2.43. The van der Waals surface area contributed by atoms with E-state index >= 15 is 0 Å². The summed E-state index contributed by atoms with van der Waals surface area (Å²) in [6, 6.07) is 0.208. The predicted molar refractivity (Wildman–Crippen MR) is 66.1 cm³/mol. The molecule has 15 heavy (non-hydrogen) atoms. The first-order valence-electron chi connectivity index (χ1n) is 6.22. The van der Waals surface area contributed by atoms with Crippen molar-refractivity contribution in [1.82, 2.24) is 10.2 Å². The fourth-order valence-corrected chi connectivity index (χ4v) is 1.80. The largest absolute Gasteiger partial charge is 0.395 e. The van der Waals surface area contributed by atoms with Gasteiger partial charge in [-0.25, -0.2) is 0 Å². The highest BCUT2D eigenvalue weighted by atomic mass is 16.3. The predicted octanol–water partition coefficient (Wildman–Crippen LogP) is 1.32. The van der Waals surface area contributed by atoms with Crippen molar-refractivity contribution < 1.29 is 5.11 Å². The van der Waals surface area contributed by atoms with Gasteiger partial charge in [0, 0.05) is 19.1 Å². The number of rotatable bonds is 9. The lowest BCUT2D eigenvalue weighted by Crippen LogP contribution is -2.43. The number of aliphatic hydroxyl groups excluding tert-OH is 1. The summed E-state index contributed by atoms with van der Waals surface area (Å²) in [5, 5.41) is 12.3. The summed E-state index contributed by atoms with van der Waals surface area (Å²) in [6.07, 6.45) is 2.49. The second-order valence-corrected chi connectivity index (χ2v) is 4.20. The minimum Gasteiger partial charge on any atom is -0.395 e. The molecular formula is C12H28N2O. The van der Waals surface area contributed by atoms with Crippen LogP contribution in [0.15, 0.2) is 0 Å². The molecule has 92 valence electrons. The van der Waals surface area contributed by atoms with Gasteiger partial charge in [-0.3, -0.25) is 0 Å². The fraction of sp³-hybridized carbons (Fsp3) is 1.00. The van der Waals surface area contributed by atoms with Crippen LogP contribution in [0.1, 0.15) is 33.6 Å². The van der Waals surface area contributed by atoms with E-state index in [1.165, 1.54) is 12.8 Å². The first kappa shape index (κ1) is 14.9. The molecule has 2 N–H and O–H groups in total. The second kappa shape index (κ2) is 9.13. The first-order valence-corrected chi connectivity index (χ1v) is 6.22. The van der Waals surface area contributed by atoms with Gasteiger partial charge in [-0.1, -0.05) is 33.6 Å². The van der Waals surface area contributed by atoms with Crippen LogP contribution < -0.4 is 5.32 Å². The van der Waals surface area contributed by atoms with Crippen molar-refractivity contribution in [2.45, 2.75) is 39.7 Å². The van der Waals surface area contributed by atoms with Crippen LogP contribution >= 0.6 is 0 Å². The molecular weight excluding hydrogens is 188 g/mol. The van der Waals surface area contributed by atoms with Crippen LogP contribution in [0.4, 0.5) is 0 Å². The normalized spacial score (nSPS) is 13.8. The Hall–Kier alpha value is -0.120. The van der Waals surface area contributed by atoms with Crippen molar-refractivity contribution in [3.8, 4) is 0 Å². The topological polar surface area (TPSA) is 35.5 Å². The van der Waals surface area contributed by atoms with Crippen molar-refractivity contribution in [2.75, 3.05) is 33.3 Å². The molecule has 0 saturated carbocycles. The average Bonchev–Trinajstić information content (AvgIpc) is 2.30. The molecule has 3 nitrogen and oxygen atoms in total. The van der Waals surface area contributed by atoms with E-state index in [0.29, 0.717) is 0 Å². The molecule has 0 aromatic carbocycles. The maximum absolute atomic E-state index is 9.13. The molecule has 1 atom stereocenters. The second-order valence-electron chi connectivity index (χ2n) is 4.20. The SMILES string of the molecule is CCC(CC)CN(CC)CC(CO)NC. The van der Waals surface area contributed by atoms with Crippen LogP contribution in [0.2, 0.25) is 0 Å². The number of nitrogens with one attached hydrogen (secondary N) is 1. The van der Waals surface area contributed by atoms with Crippen LogP contribution in [-0.2, 0) is 0 Å². The quantitative estimate of drug-likeness (QED) is 0.610. The molecule has 0 bridgehead atoms. The van der Waals surface area contributed by atoms with Gasteiger partial charge in [0.1, 0.15) is 0 Å². The van der Waals surface area contributed by atoms with Gasteiger partial charge in [0.05, 0.1) is 6.61 Å². The zero-order chi connectivity index (χ0) is 11.7. The number of hydrogen-bond donors (Lipinski definition) is 2. The molecule has 1 unspecified atom stereocenters. The minimum atomic E-state index is 0.208. The molecule has 0 aromatic heterocycles. The molecule has 0 amide bonds. The first-order chi connectivity index (χ1) is 7.21. The fourth-order valence-electron chi connectivity index (χ4n) is 1.80. The van der Waals surface area contributed by atoms with Crippen LogP contribution in [0, 0.1) is 5.92 Å². The maximum atomic E-state index is 9.13. The van der Waals surface area contributed by atoms with E-state index in [1.54, 1.807) is 0 Å². The Balaban J connectivity index is 4.00. The van der Waals surface area contributed by atoms with Gasteiger partial charge in [0.25, 0.3) is 0 Å². The molecule has 0 aliphatic carbocycles. The minimum absolute atomic E-state index is 0.208. The van der Waals surface area contributed by atoms with E-state index in [-0.39, 0.29) is 12.6 Å². The van der Waals surface area contributed by atoms with Crippen LogP contribution in [0.3, 0.4) is 0 Å². The van der Waals surface area contributed by atoms with Crippen molar-refractivity contribution in [3.63, 3.8) is 0 Å². The van der Waals surface area contributed by atoms with E-state index in [1.807, 2.05) is 7.05 Å². The van der Waals surface area contributed by atoms with Gasteiger partial charge in [-0.05, 0) is 19.5 Å². The smallest absolute Gasteiger partial charge is 0.0597 e. The summed E-state index contributed by atoms with van der Waals surface area (Å²) in [6.45, 7) is 10.1. The Bertz CT molecular complexity index is 120. The monoisotopic (exact) mass is 216 g/mol. The van der Waals surface area contributed by atoms with E-state index in [0.717, 1.165) is 25.6 Å². The summed E-state index contributed by atoms with van der Waals surface area (Å²) >= 11 is 0. The van der Waals surface area contributed by atoms with E-state index in [9.17, 15) is 0 Å². The summed E-state index contributed by atoms with van der Waals surface area (Å²) in [5.74, 6) is 0.793. The maximum Gasteiger partial charge on any atom is 0.0597 e. The van der Waals surface area contributed by atoms with Gasteiger partial charge in [-0.2, -0.15) is 0 Å². The molecule has 0 aliphatic rings. The highest BCUT2D eigenvalue weighted by molar-refractivity contribution is 4.71. The molecule has 0 aliphatic heterocycles. The van der Waals surface area contributed by atoms with Crippen molar-refractivity contribution in [1.29, 1.82) is 0 Å². The molecule has 0 radical (unpaired) electrons. The van der Waals surface area contributed by atoms with Gasteiger partial charge in [0.15, 0.2) is 0 Å². The molecule has 0 heterocycles. The van der Waals surface area contributed by atoms with Gasteiger partial charge in [0.2, 0.25) is 0 Å². The Kier molecular flexibility index (Phi) is 9.06. The third-order valence-electron chi connectivity index (χ3n) is 3.23. The zero-order valence-corrected chi connectivity index (χ0v) is 10.8. The number of aliphatic hydroxyl groups is 1. The lowest BCUT2D eigenvalue weighted by molar-refractivity contribution is 0.171. The number of nitrogens with zero attached hydrogens (tertiary/aromatic N) is 1. The summed E-state index contributed by atoms with van der Waals surface area (Å²) in [7, 11) is 1.91. The lowest BCUT2D eigenvalue weighted by atomic mass is 10.0. The summed E-state index contributed by atoms with van der Waals surface area (Å²) < 4.78 is 0. The summed E-state index contributed by atoms with van der Waals surface area (Å²) in [5.41, 5.74) is 0. The standard InChI is InChI=1S/C12H28N2O/c1-5-11(6-2)8-14(7-3)9-12(10-15)13-4/h11-13,15H,5-10H2,1-4H3. The molecule has 0 rings (SSSR count). The van der Waals surface area contributed by atoms with Gasteiger partial charge >= 0.3 is 0 Å². The molecule has 0 aromatic rings. The number of hydrogen-bond acceptors (Lipinski definition) is 3. The van der Waals surface area contributed by atoms with E-state index in [4.69, 9.17) is 5.11 Å². The number of likely N-dealkylation sites (N-methyl/N-ethyl adjacent to an activating group) is 2. The van der Waals surface area contributed by atoms with Crippen LogP contribution in [-0.4, -0.2) is 49.3 Å². The van der Waals surface area contributed by atoms with Crippen LogP contribution in [0.25, 0.3) is 0 Å². The van der Waals surface area contributed by atoms with Crippen molar-refractivity contribution in [3.05, 3.63) is 0 Å². The molecule has 3 heteroatoms. The van der Waals surface area contributed by atoms with Crippen molar-refractivity contribution >= 4 is 0 Å². The third-order valence-corrected chi connectivity index (χ3v) is 3.23. The van der Waals surface area contributed by atoms with E-state index in [2.05, 4.69) is 31.0 Å². The van der Waals surface area contributed by atoms with E-state index < -0.39 is 0 Å². The Morgan fingerprint density at radius 1 is 1.13 bits per heavy atom.